The molecule has 0 aliphatic carbocycles. The van der Waals surface area contributed by atoms with Crippen LogP contribution >= 0.6 is 0 Å². The van der Waals surface area contributed by atoms with E-state index >= 15 is 0 Å². The molecule has 1 saturated heterocycles. The van der Waals surface area contributed by atoms with Crippen LogP contribution in [0.15, 0.2) is 89.8 Å². The quantitative estimate of drug-likeness (QED) is 0.498. The highest BCUT2D eigenvalue weighted by Gasteiger charge is 2.41. The second-order valence-corrected chi connectivity index (χ2v) is 11.2. The van der Waals surface area contributed by atoms with Crippen LogP contribution in [0.5, 0.6) is 5.75 Å². The molecule has 1 amide bonds. The van der Waals surface area contributed by atoms with Crippen molar-refractivity contribution in [1.29, 1.82) is 0 Å². The first kappa shape index (κ1) is 24.9. The Balaban J connectivity index is 1.56. The molecule has 1 fully saturated rings. The lowest BCUT2D eigenvalue weighted by Crippen LogP contribution is -2.53. The molecular formula is C28H32N2O4S. The predicted molar refractivity (Wildman–Crippen MR) is 137 cm³/mol. The van der Waals surface area contributed by atoms with Gasteiger partial charge in [0.05, 0.1) is 11.0 Å². The van der Waals surface area contributed by atoms with Crippen LogP contribution in [0, 0.1) is 0 Å². The lowest BCUT2D eigenvalue weighted by Gasteiger charge is -2.42. The van der Waals surface area contributed by atoms with E-state index in [0.717, 1.165) is 12.0 Å². The fourth-order valence-corrected chi connectivity index (χ4v) is 6.20. The lowest BCUT2D eigenvalue weighted by molar-refractivity contribution is 0.0932. The Morgan fingerprint density at radius 1 is 0.971 bits per heavy atom. The maximum atomic E-state index is 13.4. The molecule has 0 saturated carbocycles. The molecule has 3 aromatic carbocycles. The van der Waals surface area contributed by atoms with E-state index in [0.29, 0.717) is 37.4 Å². The van der Waals surface area contributed by atoms with E-state index in [1.807, 2.05) is 44.2 Å². The van der Waals surface area contributed by atoms with Crippen LogP contribution in [0.25, 0.3) is 0 Å². The number of benzene rings is 3. The van der Waals surface area contributed by atoms with Gasteiger partial charge >= 0.3 is 0 Å². The summed E-state index contributed by atoms with van der Waals surface area (Å²) in [5.41, 5.74) is 1.03. The molecule has 7 heteroatoms. The Morgan fingerprint density at radius 2 is 1.60 bits per heavy atom. The van der Waals surface area contributed by atoms with Crippen molar-refractivity contribution in [2.24, 2.45) is 0 Å². The number of sulfonamides is 1. The van der Waals surface area contributed by atoms with Crippen molar-refractivity contribution < 1.29 is 17.9 Å². The van der Waals surface area contributed by atoms with Gasteiger partial charge in [-0.15, -0.1) is 0 Å². The van der Waals surface area contributed by atoms with E-state index in [2.05, 4.69) is 5.32 Å². The number of hydrogen-bond donors (Lipinski definition) is 1. The van der Waals surface area contributed by atoms with Crippen LogP contribution in [-0.2, 0) is 15.4 Å². The molecule has 3 aromatic rings. The first-order chi connectivity index (χ1) is 16.8. The smallest absolute Gasteiger partial charge is 0.251 e. The predicted octanol–water partition coefficient (Wildman–Crippen LogP) is 4.63. The SMILES string of the molecule is CC(C)Oc1ccc(C(=O)NCC2(c3ccccc3)CCCN(S(=O)(=O)c3ccccc3)C2)cc1. The molecule has 184 valence electrons. The number of hydrogen-bond acceptors (Lipinski definition) is 4. The second-order valence-electron chi connectivity index (χ2n) is 9.28. The van der Waals surface area contributed by atoms with Crippen LogP contribution in [0.4, 0.5) is 0 Å². The van der Waals surface area contributed by atoms with Crippen molar-refractivity contribution >= 4 is 15.9 Å². The molecule has 1 aliphatic heterocycles. The molecule has 1 heterocycles. The summed E-state index contributed by atoms with van der Waals surface area (Å²) >= 11 is 0. The van der Waals surface area contributed by atoms with Crippen molar-refractivity contribution in [3.05, 3.63) is 96.1 Å². The van der Waals surface area contributed by atoms with Crippen LogP contribution < -0.4 is 10.1 Å². The maximum Gasteiger partial charge on any atom is 0.251 e. The summed E-state index contributed by atoms with van der Waals surface area (Å²) in [5.74, 6) is 0.519. The molecule has 1 unspecified atom stereocenters. The van der Waals surface area contributed by atoms with E-state index in [4.69, 9.17) is 4.74 Å². The third-order valence-corrected chi connectivity index (χ3v) is 8.24. The highest BCUT2D eigenvalue weighted by atomic mass is 32.2. The summed E-state index contributed by atoms with van der Waals surface area (Å²) in [6.45, 7) is 5.00. The Labute approximate surface area is 208 Å². The van der Waals surface area contributed by atoms with Crippen LogP contribution in [0.2, 0.25) is 0 Å². The van der Waals surface area contributed by atoms with Crippen molar-refractivity contribution in [3.63, 3.8) is 0 Å². The minimum absolute atomic E-state index is 0.0572. The third kappa shape index (κ3) is 5.74. The fourth-order valence-electron chi connectivity index (χ4n) is 4.62. The van der Waals surface area contributed by atoms with Crippen molar-refractivity contribution in [3.8, 4) is 5.75 Å². The summed E-state index contributed by atoms with van der Waals surface area (Å²) < 4.78 is 34.0. The Hall–Kier alpha value is -3.16. The van der Waals surface area contributed by atoms with Gasteiger partial charge in [-0.2, -0.15) is 4.31 Å². The minimum Gasteiger partial charge on any atom is -0.491 e. The van der Waals surface area contributed by atoms with Crippen molar-refractivity contribution in [2.75, 3.05) is 19.6 Å². The normalized spacial score (nSPS) is 18.8. The molecule has 6 nitrogen and oxygen atoms in total. The molecule has 35 heavy (non-hydrogen) atoms. The number of amides is 1. The van der Waals surface area contributed by atoms with Crippen LogP contribution in [0.3, 0.4) is 0 Å². The molecule has 0 radical (unpaired) electrons. The molecule has 0 aromatic heterocycles. The van der Waals surface area contributed by atoms with Gasteiger partial charge in [0.25, 0.3) is 5.91 Å². The topological polar surface area (TPSA) is 75.7 Å². The first-order valence-corrected chi connectivity index (χ1v) is 13.4. The van der Waals surface area contributed by atoms with E-state index in [1.165, 1.54) is 0 Å². The van der Waals surface area contributed by atoms with E-state index < -0.39 is 15.4 Å². The number of nitrogens with one attached hydrogen (secondary N) is 1. The molecule has 1 atom stereocenters. The summed E-state index contributed by atoms with van der Waals surface area (Å²) in [6.07, 6.45) is 1.54. The molecule has 0 spiro atoms. The largest absolute Gasteiger partial charge is 0.491 e. The number of rotatable bonds is 8. The molecule has 4 rings (SSSR count). The number of carbonyl (C=O) groups excluding carboxylic acids is 1. The van der Waals surface area contributed by atoms with Gasteiger partial charge in [0.2, 0.25) is 10.0 Å². The van der Waals surface area contributed by atoms with Gasteiger partial charge < -0.3 is 10.1 Å². The molecule has 1 N–H and O–H groups in total. The zero-order chi connectivity index (χ0) is 24.9. The molecule has 1 aliphatic rings. The lowest BCUT2D eigenvalue weighted by atomic mass is 9.74. The number of ether oxygens (including phenoxy) is 1. The number of carbonyl (C=O) groups is 1. The number of piperidine rings is 1. The van der Waals surface area contributed by atoms with Gasteiger partial charge in [-0.3, -0.25) is 4.79 Å². The summed E-state index contributed by atoms with van der Waals surface area (Å²) in [4.78, 5) is 13.3. The van der Waals surface area contributed by atoms with E-state index in [1.54, 1.807) is 58.9 Å². The summed E-state index contributed by atoms with van der Waals surface area (Å²) in [5, 5.41) is 3.08. The van der Waals surface area contributed by atoms with E-state index in [-0.39, 0.29) is 16.9 Å². The Morgan fingerprint density at radius 3 is 2.23 bits per heavy atom. The third-order valence-electron chi connectivity index (χ3n) is 6.38. The van der Waals surface area contributed by atoms with Gasteiger partial charge in [-0.25, -0.2) is 8.42 Å². The van der Waals surface area contributed by atoms with Crippen molar-refractivity contribution in [2.45, 2.75) is 43.1 Å². The van der Waals surface area contributed by atoms with Crippen molar-refractivity contribution in [1.82, 2.24) is 9.62 Å². The fraction of sp³-hybridized carbons (Fsp3) is 0.321. The Bertz CT molecular complexity index is 1230. The maximum absolute atomic E-state index is 13.4. The standard InChI is InChI=1S/C28H32N2O4S/c1-22(2)34-25-16-14-23(15-17-25)27(31)29-20-28(24-10-5-3-6-11-24)18-9-19-30(21-28)35(32,33)26-12-7-4-8-13-26/h3-8,10-17,22H,9,18-21H2,1-2H3,(H,29,31). The van der Waals surface area contributed by atoms with Gasteiger partial charge in [0, 0.05) is 30.6 Å². The highest BCUT2D eigenvalue weighted by molar-refractivity contribution is 7.89. The van der Waals surface area contributed by atoms with Crippen LogP contribution in [-0.4, -0.2) is 44.4 Å². The highest BCUT2D eigenvalue weighted by Crippen LogP contribution is 2.36. The summed E-state index contributed by atoms with van der Waals surface area (Å²) in [7, 11) is -3.64. The monoisotopic (exact) mass is 492 g/mol. The van der Waals surface area contributed by atoms with E-state index in [9.17, 15) is 13.2 Å². The minimum atomic E-state index is -3.64. The molecule has 0 bridgehead atoms. The number of nitrogens with zero attached hydrogens (tertiary/aromatic N) is 1. The average Bonchev–Trinajstić information content (AvgIpc) is 2.88. The second kappa shape index (κ2) is 10.6. The van der Waals surface area contributed by atoms with Gasteiger partial charge in [0.1, 0.15) is 5.75 Å². The van der Waals surface area contributed by atoms with Gasteiger partial charge in [-0.05, 0) is 68.7 Å². The zero-order valence-electron chi connectivity index (χ0n) is 20.2. The van der Waals surface area contributed by atoms with Gasteiger partial charge in [-0.1, -0.05) is 48.5 Å². The molecular weight excluding hydrogens is 460 g/mol. The summed E-state index contributed by atoms with van der Waals surface area (Å²) in [6, 6.07) is 25.5. The first-order valence-electron chi connectivity index (χ1n) is 12.0. The Kier molecular flexibility index (Phi) is 7.57. The van der Waals surface area contributed by atoms with Crippen LogP contribution in [0.1, 0.15) is 42.6 Å². The zero-order valence-corrected chi connectivity index (χ0v) is 21.0. The average molecular weight is 493 g/mol. The van der Waals surface area contributed by atoms with Gasteiger partial charge in [0.15, 0.2) is 0 Å².